The number of aryl methyl sites for hydroxylation is 1. The molecule has 36 heavy (non-hydrogen) atoms. The van der Waals surface area contributed by atoms with Crippen molar-refractivity contribution < 1.29 is 18.4 Å². The van der Waals surface area contributed by atoms with Gasteiger partial charge in [-0.2, -0.15) is 0 Å². The maximum absolute atomic E-state index is 12.7. The van der Waals surface area contributed by atoms with Gasteiger partial charge in [0, 0.05) is 37.2 Å². The zero-order chi connectivity index (χ0) is 25.7. The van der Waals surface area contributed by atoms with E-state index in [1.807, 2.05) is 35.1 Å². The molecule has 1 aromatic carbocycles. The number of rotatable bonds is 9. The second-order valence-electron chi connectivity index (χ2n) is 10.5. The second-order valence-corrected chi connectivity index (χ2v) is 12.9. The van der Waals surface area contributed by atoms with Crippen LogP contribution in [0.15, 0.2) is 53.6 Å². The van der Waals surface area contributed by atoms with Crippen molar-refractivity contribution in [2.75, 3.05) is 6.26 Å². The van der Waals surface area contributed by atoms with Gasteiger partial charge in [-0.3, -0.25) is 19.5 Å². The van der Waals surface area contributed by atoms with E-state index in [0.717, 1.165) is 35.5 Å². The molecule has 2 N–H and O–H groups in total. The Kier molecular flexibility index (Phi) is 5.87. The highest BCUT2D eigenvalue weighted by Gasteiger charge is 2.56. The van der Waals surface area contributed by atoms with Gasteiger partial charge in [-0.1, -0.05) is 29.5 Å². The van der Waals surface area contributed by atoms with Crippen LogP contribution in [0.2, 0.25) is 0 Å². The highest BCUT2D eigenvalue weighted by atomic mass is 32.2. The van der Waals surface area contributed by atoms with Crippen molar-refractivity contribution in [1.82, 2.24) is 25.0 Å². The summed E-state index contributed by atoms with van der Waals surface area (Å²) in [5.74, 6) is -0.0997. The van der Waals surface area contributed by atoms with Gasteiger partial charge in [0.1, 0.15) is 5.69 Å². The number of pyridine rings is 1. The molecule has 0 spiro atoms. The molecule has 0 aliphatic heterocycles. The van der Waals surface area contributed by atoms with Crippen LogP contribution in [-0.4, -0.2) is 50.1 Å². The first-order valence-electron chi connectivity index (χ1n) is 11.9. The third kappa shape index (κ3) is 4.26. The van der Waals surface area contributed by atoms with Crippen molar-refractivity contribution in [1.29, 1.82) is 0 Å². The van der Waals surface area contributed by atoms with Crippen molar-refractivity contribution in [2.45, 2.75) is 50.4 Å². The third-order valence-electron chi connectivity index (χ3n) is 7.94. The zero-order valence-electron chi connectivity index (χ0n) is 20.2. The van der Waals surface area contributed by atoms with E-state index in [4.69, 9.17) is 5.21 Å². The monoisotopic (exact) mass is 511 g/mol. The van der Waals surface area contributed by atoms with Crippen molar-refractivity contribution in [3.05, 3.63) is 59.1 Å². The van der Waals surface area contributed by atoms with E-state index >= 15 is 0 Å². The molecule has 1 unspecified atom stereocenters. The Labute approximate surface area is 208 Å². The summed E-state index contributed by atoms with van der Waals surface area (Å²) in [4.78, 5) is 24.7. The number of amides is 1. The maximum Gasteiger partial charge on any atom is 0.264 e. The van der Waals surface area contributed by atoms with Crippen LogP contribution < -0.4 is 11.0 Å². The molecule has 3 aliphatic rings. The topological polar surface area (TPSA) is 136 Å². The van der Waals surface area contributed by atoms with E-state index in [2.05, 4.69) is 10.3 Å². The average Bonchev–Trinajstić information content (AvgIpc) is 3.27. The summed E-state index contributed by atoms with van der Waals surface area (Å²) in [7, 11) is -3.84. The largest absolute Gasteiger partial charge is 0.315 e. The highest BCUT2D eigenvalue weighted by Crippen LogP contribution is 2.65. The van der Waals surface area contributed by atoms with Gasteiger partial charge in [-0.25, -0.2) is 13.9 Å². The number of hydrogen-bond acceptors (Lipinski definition) is 7. The standard InChI is InChI=1S/C25H29N5O5S/c1-24(23(32)27-33,36(2,34)35)8-10-29-9-7-20(11-22(29)31)18-3-5-19(6-4-18)21-15-30(28-26-21)16-25-12-17(13-25)14-25/h3-7,9,11,15,17,33H,8,10,12-14,16H2,1-2H3,(H,27,32). The van der Waals surface area contributed by atoms with Gasteiger partial charge in [-0.05, 0) is 61.1 Å². The molecule has 2 bridgehead atoms. The minimum atomic E-state index is -3.84. The molecule has 6 rings (SSSR count). The fourth-order valence-corrected chi connectivity index (χ4v) is 6.17. The Morgan fingerprint density at radius 3 is 2.39 bits per heavy atom. The Morgan fingerprint density at radius 2 is 1.83 bits per heavy atom. The van der Waals surface area contributed by atoms with Gasteiger partial charge in [0.15, 0.2) is 14.6 Å². The van der Waals surface area contributed by atoms with Gasteiger partial charge < -0.3 is 4.57 Å². The van der Waals surface area contributed by atoms with Crippen molar-refractivity contribution >= 4 is 15.7 Å². The van der Waals surface area contributed by atoms with Gasteiger partial charge in [0.2, 0.25) is 0 Å². The average molecular weight is 512 g/mol. The molecular weight excluding hydrogens is 482 g/mol. The molecule has 0 saturated heterocycles. The summed E-state index contributed by atoms with van der Waals surface area (Å²) in [6, 6.07) is 11.0. The Bertz CT molecular complexity index is 1460. The number of carbonyl (C=O) groups excluding carboxylic acids is 1. The van der Waals surface area contributed by atoms with Crippen LogP contribution in [0.3, 0.4) is 0 Å². The molecule has 3 saturated carbocycles. The molecule has 1 atom stereocenters. The van der Waals surface area contributed by atoms with Crippen LogP contribution in [-0.2, 0) is 27.7 Å². The molecule has 190 valence electrons. The SMILES string of the molecule is CC(CCn1ccc(-c2ccc(-c3cn(CC45CC(C4)C5)nn3)cc2)cc1=O)(C(=O)NO)S(C)(=O)=O. The highest BCUT2D eigenvalue weighted by molar-refractivity contribution is 7.92. The molecule has 3 fully saturated rings. The van der Waals surface area contributed by atoms with Crippen molar-refractivity contribution in [3.8, 4) is 22.4 Å². The lowest BCUT2D eigenvalue weighted by molar-refractivity contribution is -0.131. The number of benzene rings is 1. The van der Waals surface area contributed by atoms with Gasteiger partial charge in [0.25, 0.3) is 11.5 Å². The minimum Gasteiger partial charge on any atom is -0.315 e. The second kappa shape index (κ2) is 8.67. The van der Waals surface area contributed by atoms with Gasteiger partial charge in [-0.15, -0.1) is 5.10 Å². The summed E-state index contributed by atoms with van der Waals surface area (Å²) in [5.41, 5.74) is 4.86. The fraction of sp³-hybridized carbons (Fsp3) is 0.440. The molecule has 2 aromatic heterocycles. The molecule has 0 radical (unpaired) electrons. The third-order valence-corrected chi connectivity index (χ3v) is 9.97. The quantitative estimate of drug-likeness (QED) is 0.332. The van der Waals surface area contributed by atoms with Crippen LogP contribution in [0.4, 0.5) is 0 Å². The van der Waals surface area contributed by atoms with Crippen LogP contribution in [0, 0.1) is 11.3 Å². The number of hydroxylamine groups is 1. The van der Waals surface area contributed by atoms with E-state index in [-0.39, 0.29) is 18.5 Å². The summed E-state index contributed by atoms with van der Waals surface area (Å²) in [5, 5.41) is 17.6. The predicted octanol–water partition coefficient (Wildman–Crippen LogP) is 2.27. The number of hydrogen-bond donors (Lipinski definition) is 2. The van der Waals surface area contributed by atoms with E-state index in [9.17, 15) is 18.0 Å². The lowest BCUT2D eigenvalue weighted by Crippen LogP contribution is -2.54. The van der Waals surface area contributed by atoms with Crippen LogP contribution in [0.25, 0.3) is 22.4 Å². The molecule has 11 heteroatoms. The van der Waals surface area contributed by atoms with Crippen molar-refractivity contribution in [2.24, 2.45) is 11.3 Å². The predicted molar refractivity (Wildman–Crippen MR) is 133 cm³/mol. The normalized spacial score (nSPS) is 22.2. The van der Waals surface area contributed by atoms with E-state index < -0.39 is 20.5 Å². The molecule has 1 amide bonds. The summed E-state index contributed by atoms with van der Waals surface area (Å²) in [6.07, 6.45) is 8.24. The first kappa shape index (κ1) is 24.4. The van der Waals surface area contributed by atoms with Crippen LogP contribution in [0.5, 0.6) is 0 Å². The lowest BCUT2D eigenvalue weighted by Gasteiger charge is -2.61. The summed E-state index contributed by atoms with van der Waals surface area (Å²) in [6.45, 7) is 2.15. The van der Waals surface area contributed by atoms with Gasteiger partial charge in [0.05, 0.1) is 6.20 Å². The number of sulfone groups is 1. The molecule has 3 aromatic rings. The first-order valence-corrected chi connectivity index (χ1v) is 13.8. The van der Waals surface area contributed by atoms with Crippen LogP contribution >= 0.6 is 0 Å². The number of nitrogens with one attached hydrogen (secondary N) is 1. The first-order chi connectivity index (χ1) is 17.0. The van der Waals surface area contributed by atoms with E-state index in [1.165, 1.54) is 42.3 Å². The Balaban J connectivity index is 1.27. The summed E-state index contributed by atoms with van der Waals surface area (Å²) >= 11 is 0. The molecular formula is C25H29N5O5S. The molecule has 2 heterocycles. The lowest BCUT2D eigenvalue weighted by atomic mass is 9.44. The Hall–Kier alpha value is -3.31. The number of carbonyl (C=O) groups is 1. The van der Waals surface area contributed by atoms with Gasteiger partial charge >= 0.3 is 0 Å². The Morgan fingerprint density at radius 1 is 1.17 bits per heavy atom. The zero-order valence-corrected chi connectivity index (χ0v) is 21.0. The summed E-state index contributed by atoms with van der Waals surface area (Å²) < 4.78 is 25.7. The number of aromatic nitrogens is 4. The fourth-order valence-electron chi connectivity index (χ4n) is 5.33. The number of nitrogens with zero attached hydrogens (tertiary/aromatic N) is 4. The molecule has 3 aliphatic carbocycles. The minimum absolute atomic E-state index is 0.00730. The molecule has 10 nitrogen and oxygen atoms in total. The smallest absolute Gasteiger partial charge is 0.264 e. The van der Waals surface area contributed by atoms with Crippen LogP contribution in [0.1, 0.15) is 32.6 Å². The van der Waals surface area contributed by atoms with E-state index in [1.54, 1.807) is 12.3 Å². The maximum atomic E-state index is 12.7. The van der Waals surface area contributed by atoms with Crippen molar-refractivity contribution in [3.63, 3.8) is 0 Å². The van der Waals surface area contributed by atoms with E-state index in [0.29, 0.717) is 11.0 Å².